The average Bonchev–Trinajstić information content (AvgIpc) is 2.06. The van der Waals surface area contributed by atoms with Crippen molar-refractivity contribution in [1.82, 2.24) is 4.98 Å². The van der Waals surface area contributed by atoms with Crippen LogP contribution in [0.25, 0.3) is 0 Å². The molecule has 3 nitrogen and oxygen atoms in total. The lowest BCUT2D eigenvalue weighted by Crippen LogP contribution is -2.10. The number of alkyl halides is 1. The molecule has 1 rings (SSSR count). The maximum absolute atomic E-state index is 5.53. The van der Waals surface area contributed by atoms with Crippen molar-refractivity contribution in [3.8, 4) is 5.75 Å². The predicted molar refractivity (Wildman–Crippen MR) is 41.5 cm³/mol. The van der Waals surface area contributed by atoms with E-state index in [-0.39, 0.29) is 0 Å². The van der Waals surface area contributed by atoms with E-state index in [9.17, 15) is 0 Å². The van der Waals surface area contributed by atoms with Crippen molar-refractivity contribution >= 4 is 11.6 Å². The topological polar surface area (TPSA) is 31.4 Å². The molecule has 0 fully saturated rings. The van der Waals surface area contributed by atoms with Crippen LogP contribution < -0.4 is 4.74 Å². The standard InChI is InChI=1S/C7H8ClNO2/c1-10-7(8)11-6-3-2-4-9-5-6/h2-5,7H,1H3. The fourth-order valence-electron chi connectivity index (χ4n) is 0.572. The Hall–Kier alpha value is -0.800. The molecule has 60 valence electrons. The Balaban J connectivity index is 2.51. The highest BCUT2D eigenvalue weighted by Crippen LogP contribution is 2.10. The van der Waals surface area contributed by atoms with Gasteiger partial charge in [0, 0.05) is 13.3 Å². The van der Waals surface area contributed by atoms with Crippen LogP contribution in [0.3, 0.4) is 0 Å². The largest absolute Gasteiger partial charge is 0.449 e. The molecule has 0 aliphatic heterocycles. The minimum absolute atomic E-state index is 0.592. The highest BCUT2D eigenvalue weighted by molar-refractivity contribution is 6.18. The molecule has 1 atom stereocenters. The van der Waals surface area contributed by atoms with Crippen molar-refractivity contribution in [2.24, 2.45) is 0 Å². The number of rotatable bonds is 3. The molecule has 0 aliphatic rings. The van der Waals surface area contributed by atoms with E-state index in [1.807, 2.05) is 0 Å². The van der Waals surface area contributed by atoms with Gasteiger partial charge in [-0.2, -0.15) is 0 Å². The minimum atomic E-state index is -0.751. The molecule has 0 amide bonds. The average molecular weight is 174 g/mol. The maximum atomic E-state index is 5.53. The molecule has 0 saturated carbocycles. The van der Waals surface area contributed by atoms with Crippen LogP contribution in [0.1, 0.15) is 0 Å². The molecule has 4 heteroatoms. The van der Waals surface area contributed by atoms with Gasteiger partial charge >= 0.3 is 0 Å². The Morgan fingerprint density at radius 2 is 2.45 bits per heavy atom. The minimum Gasteiger partial charge on any atom is -0.449 e. The SMILES string of the molecule is COC(Cl)Oc1cccnc1. The molecule has 1 heterocycles. The summed E-state index contributed by atoms with van der Waals surface area (Å²) in [4.78, 5) is 3.83. The van der Waals surface area contributed by atoms with E-state index in [1.165, 1.54) is 7.11 Å². The summed E-state index contributed by atoms with van der Waals surface area (Å²) >= 11 is 5.53. The van der Waals surface area contributed by atoms with Gasteiger partial charge in [0.25, 0.3) is 5.75 Å². The first-order valence-corrected chi connectivity index (χ1v) is 3.50. The third-order valence-electron chi connectivity index (χ3n) is 1.05. The molecule has 0 bridgehead atoms. The second kappa shape index (κ2) is 4.16. The van der Waals surface area contributed by atoms with E-state index in [4.69, 9.17) is 16.3 Å². The summed E-state index contributed by atoms with van der Waals surface area (Å²) in [6.07, 6.45) is 3.22. The van der Waals surface area contributed by atoms with Crippen LogP contribution >= 0.6 is 11.6 Å². The molecule has 0 aromatic carbocycles. The van der Waals surface area contributed by atoms with Crippen LogP contribution in [0.4, 0.5) is 0 Å². The molecule has 11 heavy (non-hydrogen) atoms. The van der Waals surface area contributed by atoms with Crippen LogP contribution in [0, 0.1) is 0 Å². The van der Waals surface area contributed by atoms with Crippen LogP contribution in [0.5, 0.6) is 5.75 Å². The van der Waals surface area contributed by atoms with Gasteiger partial charge in [-0.1, -0.05) is 0 Å². The van der Waals surface area contributed by atoms with E-state index < -0.39 is 5.75 Å². The zero-order valence-corrected chi connectivity index (χ0v) is 6.78. The van der Waals surface area contributed by atoms with Crippen LogP contribution in [0.2, 0.25) is 0 Å². The van der Waals surface area contributed by atoms with Gasteiger partial charge in [0.2, 0.25) is 0 Å². The third kappa shape index (κ3) is 2.74. The lowest BCUT2D eigenvalue weighted by molar-refractivity contribution is 0.0117. The van der Waals surface area contributed by atoms with E-state index >= 15 is 0 Å². The van der Waals surface area contributed by atoms with Gasteiger partial charge in [0.05, 0.1) is 6.20 Å². The molecular formula is C7H8ClNO2. The summed E-state index contributed by atoms with van der Waals surface area (Å²) in [6, 6.07) is 3.51. The third-order valence-corrected chi connectivity index (χ3v) is 1.32. The molecule has 1 aromatic rings. The molecule has 0 radical (unpaired) electrons. The van der Waals surface area contributed by atoms with Crippen molar-refractivity contribution in [1.29, 1.82) is 0 Å². The Kier molecular flexibility index (Phi) is 3.14. The summed E-state index contributed by atoms with van der Waals surface area (Å²) in [5, 5.41) is 0. The van der Waals surface area contributed by atoms with Crippen molar-refractivity contribution < 1.29 is 9.47 Å². The number of methoxy groups -OCH3 is 1. The van der Waals surface area contributed by atoms with E-state index in [0.717, 1.165) is 0 Å². The van der Waals surface area contributed by atoms with Gasteiger partial charge in [-0.3, -0.25) is 4.98 Å². The van der Waals surface area contributed by atoms with Gasteiger partial charge in [-0.15, -0.1) is 0 Å². The summed E-state index contributed by atoms with van der Waals surface area (Å²) in [7, 11) is 1.47. The van der Waals surface area contributed by atoms with E-state index in [2.05, 4.69) is 9.72 Å². The fourth-order valence-corrected chi connectivity index (χ4v) is 0.675. The van der Waals surface area contributed by atoms with Gasteiger partial charge in [0.1, 0.15) is 5.75 Å². The fraction of sp³-hybridized carbons (Fsp3) is 0.286. The Bertz CT molecular complexity index is 205. The summed E-state index contributed by atoms with van der Waals surface area (Å²) in [6.45, 7) is 0. The predicted octanol–water partition coefficient (Wildman–Crippen LogP) is 1.63. The zero-order chi connectivity index (χ0) is 8.10. The highest BCUT2D eigenvalue weighted by Gasteiger charge is 2.01. The lowest BCUT2D eigenvalue weighted by atomic mass is 10.5. The van der Waals surface area contributed by atoms with Gasteiger partial charge in [-0.05, 0) is 23.7 Å². The maximum Gasteiger partial charge on any atom is 0.279 e. The first-order chi connectivity index (χ1) is 5.33. The van der Waals surface area contributed by atoms with E-state index in [0.29, 0.717) is 5.75 Å². The van der Waals surface area contributed by atoms with Crippen LogP contribution in [-0.2, 0) is 4.74 Å². The Morgan fingerprint density at radius 1 is 1.64 bits per heavy atom. The zero-order valence-electron chi connectivity index (χ0n) is 6.03. The van der Waals surface area contributed by atoms with Crippen molar-refractivity contribution in [3.63, 3.8) is 0 Å². The number of halogens is 1. The first-order valence-electron chi connectivity index (χ1n) is 3.06. The Labute approximate surface area is 69.9 Å². The first kappa shape index (κ1) is 8.30. The normalized spacial score (nSPS) is 12.5. The molecular weight excluding hydrogens is 166 g/mol. The molecule has 0 aliphatic carbocycles. The number of pyridine rings is 1. The quantitative estimate of drug-likeness (QED) is 0.514. The highest BCUT2D eigenvalue weighted by atomic mass is 35.5. The number of hydrogen-bond donors (Lipinski definition) is 0. The van der Waals surface area contributed by atoms with E-state index in [1.54, 1.807) is 24.5 Å². The van der Waals surface area contributed by atoms with Gasteiger partial charge in [0.15, 0.2) is 0 Å². The number of hydrogen-bond acceptors (Lipinski definition) is 3. The summed E-state index contributed by atoms with van der Waals surface area (Å²) < 4.78 is 9.71. The molecule has 0 spiro atoms. The molecule has 1 aromatic heterocycles. The second-order valence-electron chi connectivity index (χ2n) is 1.82. The van der Waals surface area contributed by atoms with Gasteiger partial charge in [-0.25, -0.2) is 0 Å². The molecule has 0 N–H and O–H groups in total. The molecule has 0 saturated heterocycles. The summed E-state index contributed by atoms with van der Waals surface area (Å²) in [5.74, 6) is -0.159. The Morgan fingerprint density at radius 3 is 3.00 bits per heavy atom. The van der Waals surface area contributed by atoms with Gasteiger partial charge < -0.3 is 9.47 Å². The monoisotopic (exact) mass is 173 g/mol. The molecule has 1 unspecified atom stereocenters. The van der Waals surface area contributed by atoms with Crippen LogP contribution in [0.15, 0.2) is 24.5 Å². The number of ether oxygens (including phenoxy) is 2. The van der Waals surface area contributed by atoms with Crippen molar-refractivity contribution in [3.05, 3.63) is 24.5 Å². The number of aromatic nitrogens is 1. The van der Waals surface area contributed by atoms with Crippen molar-refractivity contribution in [2.75, 3.05) is 7.11 Å². The van der Waals surface area contributed by atoms with Crippen molar-refractivity contribution in [2.45, 2.75) is 5.75 Å². The smallest absolute Gasteiger partial charge is 0.279 e. The number of nitrogens with zero attached hydrogens (tertiary/aromatic N) is 1. The lowest BCUT2D eigenvalue weighted by Gasteiger charge is -2.08. The second-order valence-corrected chi connectivity index (χ2v) is 2.17. The summed E-state index contributed by atoms with van der Waals surface area (Å²) in [5.41, 5.74) is 0. The van der Waals surface area contributed by atoms with Crippen LogP contribution in [-0.4, -0.2) is 17.8 Å².